The molecule has 0 aromatic heterocycles. The molecule has 0 aromatic carbocycles. The van der Waals surface area contributed by atoms with Crippen molar-refractivity contribution in [1.29, 1.82) is 0 Å². The number of aliphatic hydroxyl groups excluding tert-OH is 1. The number of rotatable bonds is 10. The molecule has 1 unspecified atom stereocenters. The molecule has 0 rings (SSSR count). The number of unbranched alkanes of at least 4 members (excludes halogenated alkanes) is 4. The van der Waals surface area contributed by atoms with Gasteiger partial charge in [-0.05, 0) is 6.42 Å². The van der Waals surface area contributed by atoms with Gasteiger partial charge in [-0.25, -0.2) is 4.79 Å². The zero-order valence-electron chi connectivity index (χ0n) is 10.6. The molecular weight excluding hydrogens is 238 g/mol. The minimum absolute atomic E-state index is 0.201. The lowest BCUT2D eigenvalue weighted by Gasteiger charge is -2.12. The minimum atomic E-state index is -1.64. The van der Waals surface area contributed by atoms with Gasteiger partial charge in [-0.3, -0.25) is 9.59 Å². The summed E-state index contributed by atoms with van der Waals surface area (Å²) in [5.74, 6) is -2.84. The molecule has 0 spiro atoms. The van der Waals surface area contributed by atoms with E-state index in [0.717, 1.165) is 25.7 Å². The van der Waals surface area contributed by atoms with Crippen LogP contribution in [0.3, 0.4) is 0 Å². The normalized spacial score (nSPS) is 11.9. The molecule has 6 heteroatoms. The number of Topliss-reactive ketones (excluding diaryl/α,β-unsaturated/α-hetero) is 1. The van der Waals surface area contributed by atoms with E-state index in [4.69, 9.17) is 10.2 Å². The number of carbonyl (C=O) groups excluding carboxylic acids is 2. The van der Waals surface area contributed by atoms with Crippen molar-refractivity contribution in [3.05, 3.63) is 0 Å². The first kappa shape index (κ1) is 16.6. The molecule has 0 aliphatic carbocycles. The largest absolute Gasteiger partial charge is 0.479 e. The van der Waals surface area contributed by atoms with Crippen LogP contribution >= 0.6 is 0 Å². The molecule has 6 nitrogen and oxygen atoms in total. The molecule has 0 radical (unpaired) electrons. The highest BCUT2D eigenvalue weighted by atomic mass is 16.4. The Labute approximate surface area is 106 Å². The van der Waals surface area contributed by atoms with Crippen LogP contribution in [0.2, 0.25) is 0 Å². The molecule has 104 valence electrons. The van der Waals surface area contributed by atoms with Crippen LogP contribution in [0.4, 0.5) is 0 Å². The van der Waals surface area contributed by atoms with E-state index in [9.17, 15) is 14.4 Å². The zero-order valence-corrected chi connectivity index (χ0v) is 10.6. The lowest BCUT2D eigenvalue weighted by molar-refractivity contribution is -0.146. The molecule has 1 amide bonds. The van der Waals surface area contributed by atoms with Gasteiger partial charge in [0.1, 0.15) is 6.61 Å². The predicted molar refractivity (Wildman–Crippen MR) is 65.0 cm³/mol. The first-order valence-corrected chi connectivity index (χ1v) is 6.18. The molecule has 0 saturated carbocycles. The van der Waals surface area contributed by atoms with E-state index in [0.29, 0.717) is 6.42 Å². The highest BCUT2D eigenvalue weighted by Crippen LogP contribution is 2.05. The quantitative estimate of drug-likeness (QED) is 0.391. The number of hydrogen-bond donors (Lipinski definition) is 3. The van der Waals surface area contributed by atoms with Gasteiger partial charge in [-0.2, -0.15) is 0 Å². The number of amides is 1. The molecule has 0 aliphatic rings. The van der Waals surface area contributed by atoms with E-state index in [-0.39, 0.29) is 6.42 Å². The van der Waals surface area contributed by atoms with Crippen molar-refractivity contribution in [3.63, 3.8) is 0 Å². The smallest absolute Gasteiger partial charge is 0.334 e. The maximum atomic E-state index is 11.4. The number of aliphatic hydroxyl groups is 1. The van der Waals surface area contributed by atoms with Gasteiger partial charge in [0.05, 0.1) is 0 Å². The van der Waals surface area contributed by atoms with Crippen molar-refractivity contribution >= 4 is 17.7 Å². The van der Waals surface area contributed by atoms with E-state index < -0.39 is 30.3 Å². The Morgan fingerprint density at radius 3 is 2.22 bits per heavy atom. The first-order chi connectivity index (χ1) is 8.52. The maximum absolute atomic E-state index is 11.4. The van der Waals surface area contributed by atoms with Crippen molar-refractivity contribution in [3.8, 4) is 0 Å². The second-order valence-electron chi connectivity index (χ2n) is 4.13. The molecule has 0 aliphatic heterocycles. The van der Waals surface area contributed by atoms with Gasteiger partial charge < -0.3 is 15.5 Å². The third-order valence-corrected chi connectivity index (χ3v) is 2.54. The van der Waals surface area contributed by atoms with Gasteiger partial charge in [0, 0.05) is 6.42 Å². The molecule has 0 fully saturated rings. The van der Waals surface area contributed by atoms with Gasteiger partial charge >= 0.3 is 5.97 Å². The van der Waals surface area contributed by atoms with Crippen molar-refractivity contribution < 1.29 is 24.6 Å². The Morgan fingerprint density at radius 2 is 1.72 bits per heavy atom. The second kappa shape index (κ2) is 9.58. The molecular formula is C12H21NO5. The van der Waals surface area contributed by atoms with Crippen LogP contribution in [0.5, 0.6) is 0 Å². The van der Waals surface area contributed by atoms with Crippen molar-refractivity contribution in [2.24, 2.45) is 0 Å². The summed E-state index contributed by atoms with van der Waals surface area (Å²) in [5.41, 5.74) is 0. The van der Waals surface area contributed by atoms with E-state index in [2.05, 4.69) is 12.2 Å². The van der Waals surface area contributed by atoms with Gasteiger partial charge in [0.25, 0.3) is 0 Å². The van der Waals surface area contributed by atoms with Crippen LogP contribution in [0.1, 0.15) is 45.4 Å². The third kappa shape index (κ3) is 7.01. The Bertz CT molecular complexity index is 290. The summed E-state index contributed by atoms with van der Waals surface area (Å²) in [6.45, 7) is 1.19. The van der Waals surface area contributed by atoms with Gasteiger partial charge in [0.15, 0.2) is 11.8 Å². The van der Waals surface area contributed by atoms with Crippen molar-refractivity contribution in [2.45, 2.75) is 51.5 Å². The first-order valence-electron chi connectivity index (χ1n) is 6.18. The van der Waals surface area contributed by atoms with Crippen LogP contribution in [-0.4, -0.2) is 40.5 Å². The monoisotopic (exact) mass is 259 g/mol. The summed E-state index contributed by atoms with van der Waals surface area (Å²) in [4.78, 5) is 33.2. The number of aliphatic carboxylic acids is 1. The number of hydrogen-bond acceptors (Lipinski definition) is 4. The van der Waals surface area contributed by atoms with E-state index in [1.54, 1.807) is 0 Å². The predicted octanol–water partition coefficient (Wildman–Crippen LogP) is 0.478. The fourth-order valence-electron chi connectivity index (χ4n) is 1.49. The summed E-state index contributed by atoms with van der Waals surface area (Å²) < 4.78 is 0. The molecule has 18 heavy (non-hydrogen) atoms. The van der Waals surface area contributed by atoms with Gasteiger partial charge in [0.2, 0.25) is 5.91 Å². The van der Waals surface area contributed by atoms with Crippen LogP contribution in [0.15, 0.2) is 0 Å². The lowest BCUT2D eigenvalue weighted by atomic mass is 10.1. The highest BCUT2D eigenvalue weighted by Gasteiger charge is 2.26. The fraction of sp³-hybridized carbons (Fsp3) is 0.750. The fourth-order valence-corrected chi connectivity index (χ4v) is 1.49. The minimum Gasteiger partial charge on any atom is -0.479 e. The molecule has 0 bridgehead atoms. The Morgan fingerprint density at radius 1 is 1.11 bits per heavy atom. The summed E-state index contributed by atoms with van der Waals surface area (Å²) in [7, 11) is 0. The Balaban J connectivity index is 3.96. The topological polar surface area (TPSA) is 104 Å². The zero-order chi connectivity index (χ0) is 14.0. The van der Waals surface area contributed by atoms with E-state index >= 15 is 0 Å². The third-order valence-electron chi connectivity index (χ3n) is 2.54. The van der Waals surface area contributed by atoms with E-state index in [1.807, 2.05) is 0 Å². The maximum Gasteiger partial charge on any atom is 0.334 e. The number of ketones is 1. The average Bonchev–Trinajstić information content (AvgIpc) is 2.34. The molecule has 1 atom stereocenters. The number of carbonyl (C=O) groups is 3. The van der Waals surface area contributed by atoms with Crippen molar-refractivity contribution in [2.75, 3.05) is 6.61 Å². The van der Waals surface area contributed by atoms with Crippen molar-refractivity contribution in [1.82, 2.24) is 5.32 Å². The number of nitrogens with one attached hydrogen (secondary N) is 1. The van der Waals surface area contributed by atoms with Gasteiger partial charge in [-0.1, -0.05) is 32.6 Å². The summed E-state index contributed by atoms with van der Waals surface area (Å²) >= 11 is 0. The van der Waals surface area contributed by atoms with Crippen LogP contribution in [0, 0.1) is 0 Å². The van der Waals surface area contributed by atoms with Crippen LogP contribution in [0.25, 0.3) is 0 Å². The Kier molecular flexibility index (Phi) is 8.82. The molecule has 0 heterocycles. The van der Waals surface area contributed by atoms with Crippen LogP contribution < -0.4 is 5.32 Å². The molecule has 0 aromatic rings. The van der Waals surface area contributed by atoms with Crippen LogP contribution in [-0.2, 0) is 14.4 Å². The summed E-state index contributed by atoms with van der Waals surface area (Å²) in [6.07, 6.45) is 5.05. The van der Waals surface area contributed by atoms with E-state index in [1.165, 1.54) is 0 Å². The Hall–Kier alpha value is -1.43. The number of carboxylic acids is 1. The standard InChI is InChI=1S/C12H21NO5/c1-2-3-4-5-6-7-10(16)13-11(12(17)18)9(15)8-14/h11,14H,2-8H2,1H3,(H,13,16)(H,17,18). The second-order valence-corrected chi connectivity index (χ2v) is 4.13. The molecule has 3 N–H and O–H groups in total. The summed E-state index contributed by atoms with van der Waals surface area (Å²) in [6, 6.07) is -1.64. The SMILES string of the molecule is CCCCCCCC(=O)NC(C(=O)O)C(=O)CO. The lowest BCUT2D eigenvalue weighted by Crippen LogP contribution is -2.47. The highest BCUT2D eigenvalue weighted by molar-refractivity contribution is 6.05. The summed E-state index contributed by atoms with van der Waals surface area (Å²) in [5, 5.41) is 19.4. The molecule has 0 saturated heterocycles. The average molecular weight is 259 g/mol. The number of carboxylic acid groups (broad SMARTS) is 1. The van der Waals surface area contributed by atoms with Gasteiger partial charge in [-0.15, -0.1) is 0 Å².